The highest BCUT2D eigenvalue weighted by Gasteiger charge is 2.11. The first kappa shape index (κ1) is 14.9. The van der Waals surface area contributed by atoms with Crippen molar-refractivity contribution in [3.8, 4) is 0 Å². The number of esters is 1. The Morgan fingerprint density at radius 3 is 3.05 bits per heavy atom. The van der Waals surface area contributed by atoms with Crippen LogP contribution < -0.4 is 5.73 Å². The van der Waals surface area contributed by atoms with E-state index in [9.17, 15) is 4.79 Å². The standard InChI is InChI=1S/C15H19ClN2O2/c1-2-20-15(19)6-4-12(17)7-10-9-18-14-8-11(16)3-5-13(10)14/h3,5,8-9,12,18H,2,4,6-7,17H2,1H3. The van der Waals surface area contributed by atoms with Gasteiger partial charge in [-0.05, 0) is 37.5 Å². The van der Waals surface area contributed by atoms with Gasteiger partial charge in [0.05, 0.1) is 6.61 Å². The van der Waals surface area contributed by atoms with Gasteiger partial charge in [-0.2, -0.15) is 0 Å². The van der Waals surface area contributed by atoms with E-state index in [1.165, 1.54) is 0 Å². The molecule has 1 unspecified atom stereocenters. The van der Waals surface area contributed by atoms with E-state index in [0.29, 0.717) is 24.5 Å². The van der Waals surface area contributed by atoms with Crippen molar-refractivity contribution in [1.82, 2.24) is 4.98 Å². The molecule has 108 valence electrons. The average molecular weight is 295 g/mol. The molecule has 2 aromatic rings. The monoisotopic (exact) mass is 294 g/mol. The molecular formula is C15H19ClN2O2. The van der Waals surface area contributed by atoms with Crippen LogP contribution in [0.3, 0.4) is 0 Å². The number of hydrogen-bond acceptors (Lipinski definition) is 3. The van der Waals surface area contributed by atoms with Gasteiger partial charge in [-0.1, -0.05) is 17.7 Å². The number of benzene rings is 1. The summed E-state index contributed by atoms with van der Waals surface area (Å²) in [6.45, 7) is 2.21. The maximum Gasteiger partial charge on any atom is 0.305 e. The van der Waals surface area contributed by atoms with Gasteiger partial charge in [-0.3, -0.25) is 4.79 Å². The van der Waals surface area contributed by atoms with Crippen LogP contribution in [-0.2, 0) is 16.0 Å². The first-order chi connectivity index (χ1) is 9.60. The molecule has 1 heterocycles. The topological polar surface area (TPSA) is 68.1 Å². The summed E-state index contributed by atoms with van der Waals surface area (Å²) in [5.41, 5.74) is 8.23. The molecule has 20 heavy (non-hydrogen) atoms. The van der Waals surface area contributed by atoms with Crippen LogP contribution in [0.25, 0.3) is 10.9 Å². The van der Waals surface area contributed by atoms with Crippen molar-refractivity contribution in [3.05, 3.63) is 35.0 Å². The molecule has 0 aliphatic carbocycles. The van der Waals surface area contributed by atoms with Crippen molar-refractivity contribution in [2.45, 2.75) is 32.2 Å². The molecule has 0 aliphatic rings. The number of rotatable bonds is 6. The second kappa shape index (κ2) is 6.77. The molecule has 1 atom stereocenters. The maximum absolute atomic E-state index is 11.3. The summed E-state index contributed by atoms with van der Waals surface area (Å²) in [5.74, 6) is -0.186. The Morgan fingerprint density at radius 2 is 2.30 bits per heavy atom. The predicted molar refractivity (Wildman–Crippen MR) is 80.9 cm³/mol. The van der Waals surface area contributed by atoms with Gasteiger partial charge in [-0.15, -0.1) is 0 Å². The third-order valence-electron chi connectivity index (χ3n) is 3.24. The zero-order chi connectivity index (χ0) is 14.5. The molecule has 0 fully saturated rings. The van der Waals surface area contributed by atoms with Crippen LogP contribution >= 0.6 is 11.6 Å². The van der Waals surface area contributed by atoms with Crippen molar-refractivity contribution in [2.24, 2.45) is 5.73 Å². The summed E-state index contributed by atoms with van der Waals surface area (Å²) in [4.78, 5) is 14.5. The highest BCUT2D eigenvalue weighted by atomic mass is 35.5. The van der Waals surface area contributed by atoms with Gasteiger partial charge in [0.1, 0.15) is 0 Å². The molecule has 2 rings (SSSR count). The number of H-pyrrole nitrogens is 1. The van der Waals surface area contributed by atoms with Gasteiger partial charge in [0.15, 0.2) is 0 Å². The molecule has 4 nitrogen and oxygen atoms in total. The van der Waals surface area contributed by atoms with Gasteiger partial charge in [0.2, 0.25) is 0 Å². The first-order valence-electron chi connectivity index (χ1n) is 6.77. The van der Waals surface area contributed by atoms with E-state index in [1.807, 2.05) is 24.4 Å². The van der Waals surface area contributed by atoms with Crippen LogP contribution in [0.5, 0.6) is 0 Å². The summed E-state index contributed by atoms with van der Waals surface area (Å²) in [6.07, 6.45) is 3.66. The van der Waals surface area contributed by atoms with Crippen LogP contribution in [0.2, 0.25) is 5.02 Å². The molecule has 0 bridgehead atoms. The van der Waals surface area contributed by atoms with Crippen molar-refractivity contribution in [1.29, 1.82) is 0 Å². The second-order valence-corrected chi connectivity index (χ2v) is 5.25. The molecule has 0 amide bonds. The maximum atomic E-state index is 11.3. The fourth-order valence-corrected chi connectivity index (χ4v) is 2.42. The number of ether oxygens (including phenoxy) is 1. The number of hydrogen-bond donors (Lipinski definition) is 2. The van der Waals surface area contributed by atoms with Gasteiger partial charge < -0.3 is 15.5 Å². The van der Waals surface area contributed by atoms with E-state index in [-0.39, 0.29) is 12.0 Å². The minimum absolute atomic E-state index is 0.0610. The molecule has 0 saturated heterocycles. The van der Waals surface area contributed by atoms with E-state index >= 15 is 0 Å². The van der Waals surface area contributed by atoms with Crippen LogP contribution in [-0.4, -0.2) is 23.6 Å². The van der Waals surface area contributed by atoms with E-state index in [2.05, 4.69) is 4.98 Å². The fraction of sp³-hybridized carbons (Fsp3) is 0.400. The number of aromatic nitrogens is 1. The minimum atomic E-state index is -0.186. The Labute approximate surface area is 123 Å². The van der Waals surface area contributed by atoms with Crippen LogP contribution in [0.1, 0.15) is 25.3 Å². The summed E-state index contributed by atoms with van der Waals surface area (Å²) in [7, 11) is 0. The lowest BCUT2D eigenvalue weighted by Crippen LogP contribution is -2.24. The third-order valence-corrected chi connectivity index (χ3v) is 3.47. The van der Waals surface area contributed by atoms with Crippen molar-refractivity contribution >= 4 is 28.5 Å². The third kappa shape index (κ3) is 3.74. The van der Waals surface area contributed by atoms with Crippen molar-refractivity contribution < 1.29 is 9.53 Å². The molecule has 1 aromatic heterocycles. The van der Waals surface area contributed by atoms with Crippen molar-refractivity contribution in [3.63, 3.8) is 0 Å². The highest BCUT2D eigenvalue weighted by Crippen LogP contribution is 2.23. The van der Waals surface area contributed by atoms with E-state index in [0.717, 1.165) is 22.9 Å². The van der Waals surface area contributed by atoms with Gasteiger partial charge in [0.25, 0.3) is 0 Å². The number of carbonyl (C=O) groups is 1. The average Bonchev–Trinajstić information content (AvgIpc) is 2.79. The summed E-state index contributed by atoms with van der Waals surface area (Å²) in [5, 5.41) is 1.83. The zero-order valence-corrected chi connectivity index (χ0v) is 12.2. The highest BCUT2D eigenvalue weighted by molar-refractivity contribution is 6.31. The van der Waals surface area contributed by atoms with Crippen LogP contribution in [0, 0.1) is 0 Å². The Bertz CT molecular complexity index is 595. The lowest BCUT2D eigenvalue weighted by atomic mass is 10.0. The number of nitrogens with one attached hydrogen (secondary N) is 1. The number of carbonyl (C=O) groups excluding carboxylic acids is 1. The molecule has 0 saturated carbocycles. The lowest BCUT2D eigenvalue weighted by molar-refractivity contribution is -0.143. The largest absolute Gasteiger partial charge is 0.466 e. The number of aromatic amines is 1. The van der Waals surface area contributed by atoms with Gasteiger partial charge in [-0.25, -0.2) is 0 Å². The zero-order valence-electron chi connectivity index (χ0n) is 11.5. The smallest absolute Gasteiger partial charge is 0.305 e. The van der Waals surface area contributed by atoms with E-state index in [1.54, 1.807) is 6.92 Å². The summed E-state index contributed by atoms with van der Waals surface area (Å²) >= 11 is 5.95. The van der Waals surface area contributed by atoms with Crippen molar-refractivity contribution in [2.75, 3.05) is 6.61 Å². The Morgan fingerprint density at radius 1 is 1.50 bits per heavy atom. The lowest BCUT2D eigenvalue weighted by Gasteiger charge is -2.10. The number of nitrogens with two attached hydrogens (primary N) is 1. The summed E-state index contributed by atoms with van der Waals surface area (Å²) < 4.78 is 4.90. The van der Waals surface area contributed by atoms with Crippen LogP contribution in [0.15, 0.2) is 24.4 Å². The first-order valence-corrected chi connectivity index (χ1v) is 7.14. The molecule has 0 radical (unpaired) electrons. The number of halogens is 1. The van der Waals surface area contributed by atoms with Crippen LogP contribution in [0.4, 0.5) is 0 Å². The molecule has 1 aromatic carbocycles. The molecular weight excluding hydrogens is 276 g/mol. The quantitative estimate of drug-likeness (QED) is 0.805. The Hall–Kier alpha value is -1.52. The Kier molecular flexibility index (Phi) is 5.04. The van der Waals surface area contributed by atoms with E-state index in [4.69, 9.17) is 22.1 Å². The normalized spacial score (nSPS) is 12.6. The molecule has 5 heteroatoms. The Balaban J connectivity index is 1.96. The SMILES string of the molecule is CCOC(=O)CCC(N)Cc1c[nH]c2cc(Cl)ccc12. The predicted octanol–water partition coefficient (Wildman–Crippen LogP) is 3.03. The molecule has 3 N–H and O–H groups in total. The second-order valence-electron chi connectivity index (χ2n) is 4.81. The molecule has 0 spiro atoms. The number of fused-ring (bicyclic) bond motifs is 1. The van der Waals surface area contributed by atoms with Gasteiger partial charge >= 0.3 is 5.97 Å². The molecule has 0 aliphatic heterocycles. The summed E-state index contributed by atoms with van der Waals surface area (Å²) in [6, 6.07) is 5.69. The van der Waals surface area contributed by atoms with E-state index < -0.39 is 0 Å². The fourth-order valence-electron chi connectivity index (χ4n) is 2.25. The van der Waals surface area contributed by atoms with Gasteiger partial charge in [0, 0.05) is 34.6 Å². The minimum Gasteiger partial charge on any atom is -0.466 e.